The largest absolute Gasteiger partial charge is 0.416 e. The first-order valence-corrected chi connectivity index (χ1v) is 11.8. The van der Waals surface area contributed by atoms with Crippen LogP contribution >= 0.6 is 11.6 Å². The second-order valence-corrected chi connectivity index (χ2v) is 9.57. The Hall–Kier alpha value is -2.59. The lowest BCUT2D eigenvalue weighted by Gasteiger charge is -2.42. The highest BCUT2D eigenvalue weighted by atomic mass is 35.5. The van der Waals surface area contributed by atoms with Gasteiger partial charge in [-0.2, -0.15) is 26.3 Å². The minimum atomic E-state index is -5.02. The number of nitrogens with zero attached hydrogens (tertiary/aromatic N) is 2. The molecule has 11 heteroatoms. The Balaban J connectivity index is 1.44. The molecule has 0 radical (unpaired) electrons. The van der Waals surface area contributed by atoms with Crippen LogP contribution < -0.4 is 0 Å². The summed E-state index contributed by atoms with van der Waals surface area (Å²) in [5.74, 6) is -1.04. The molecule has 2 heterocycles. The maximum atomic E-state index is 13.2. The number of amides is 1. The number of hydrogen-bond donors (Lipinski definition) is 0. The molecule has 0 aromatic heterocycles. The second-order valence-electron chi connectivity index (χ2n) is 9.13. The summed E-state index contributed by atoms with van der Waals surface area (Å²) in [6.45, 7) is 1.44. The van der Waals surface area contributed by atoms with E-state index < -0.39 is 35.0 Å². The summed E-state index contributed by atoms with van der Waals surface area (Å²) >= 11 is 5.94. The third-order valence-corrected chi connectivity index (χ3v) is 7.08. The Kier molecular flexibility index (Phi) is 7.39. The highest BCUT2D eigenvalue weighted by Crippen LogP contribution is 2.37. The van der Waals surface area contributed by atoms with Gasteiger partial charge in [-0.05, 0) is 48.7 Å². The van der Waals surface area contributed by atoms with Crippen molar-refractivity contribution in [3.8, 4) is 0 Å². The molecule has 36 heavy (non-hydrogen) atoms. The quantitative estimate of drug-likeness (QED) is 0.453. The molecular formula is C25H23ClF6N2O2. The first-order chi connectivity index (χ1) is 16.8. The van der Waals surface area contributed by atoms with Crippen molar-refractivity contribution in [1.82, 2.24) is 9.80 Å². The maximum absolute atomic E-state index is 13.2. The topological polar surface area (TPSA) is 40.6 Å². The molecule has 1 amide bonds. The molecule has 2 fully saturated rings. The molecule has 2 saturated heterocycles. The molecule has 2 aromatic rings. The van der Waals surface area contributed by atoms with Crippen LogP contribution in [-0.4, -0.2) is 53.7 Å². The van der Waals surface area contributed by atoms with Crippen molar-refractivity contribution >= 4 is 23.3 Å². The average molecular weight is 533 g/mol. The van der Waals surface area contributed by atoms with Crippen molar-refractivity contribution in [2.75, 3.05) is 26.2 Å². The van der Waals surface area contributed by atoms with Gasteiger partial charge in [-0.3, -0.25) is 14.5 Å². The maximum Gasteiger partial charge on any atom is 0.416 e. The van der Waals surface area contributed by atoms with Crippen LogP contribution in [-0.2, 0) is 17.1 Å². The van der Waals surface area contributed by atoms with Crippen LogP contribution in [0.2, 0.25) is 5.02 Å². The van der Waals surface area contributed by atoms with Gasteiger partial charge in [-0.1, -0.05) is 23.7 Å². The van der Waals surface area contributed by atoms with Crippen LogP contribution in [0.1, 0.15) is 52.2 Å². The lowest BCUT2D eigenvalue weighted by atomic mass is 9.87. The number of likely N-dealkylation sites (tertiary alicyclic amines) is 2. The molecule has 2 aliphatic heterocycles. The Morgan fingerprint density at radius 3 is 1.94 bits per heavy atom. The standard InChI is InChI=1S/C25H23ClF6N2O2/c26-19-3-1-15(2-4-19)21-14-34(10-7-22(21)35)20-5-8-33(9-6-20)23(36)16-11-17(24(27,28)29)13-18(12-16)25(30,31)32/h1-4,11-13,20-21H,5-10,14H2. The Morgan fingerprint density at radius 1 is 0.861 bits per heavy atom. The highest BCUT2D eigenvalue weighted by molar-refractivity contribution is 6.30. The Morgan fingerprint density at radius 2 is 1.42 bits per heavy atom. The molecule has 4 rings (SSSR count). The average Bonchev–Trinajstić information content (AvgIpc) is 2.83. The first kappa shape index (κ1) is 26.5. The fourth-order valence-electron chi connectivity index (χ4n) is 4.87. The van der Waals surface area contributed by atoms with Crippen LogP contribution in [0.25, 0.3) is 0 Å². The number of hydrogen-bond acceptors (Lipinski definition) is 3. The van der Waals surface area contributed by atoms with E-state index in [2.05, 4.69) is 4.90 Å². The van der Waals surface area contributed by atoms with Crippen LogP contribution in [0.15, 0.2) is 42.5 Å². The summed E-state index contributed by atoms with van der Waals surface area (Å²) in [6, 6.07) is 8.09. The third kappa shape index (κ3) is 5.86. The molecule has 0 saturated carbocycles. The molecule has 194 valence electrons. The van der Waals surface area contributed by atoms with Crippen LogP contribution in [0.5, 0.6) is 0 Å². The summed E-state index contributed by atoms with van der Waals surface area (Å²) < 4.78 is 79.0. The van der Waals surface area contributed by atoms with Gasteiger partial charge >= 0.3 is 12.4 Å². The number of alkyl halides is 6. The van der Waals surface area contributed by atoms with Crippen molar-refractivity contribution < 1.29 is 35.9 Å². The summed E-state index contributed by atoms with van der Waals surface area (Å²) in [5, 5.41) is 0.569. The monoisotopic (exact) mass is 532 g/mol. The fraction of sp³-hybridized carbons (Fsp3) is 0.440. The number of carbonyl (C=O) groups is 2. The fourth-order valence-corrected chi connectivity index (χ4v) is 4.99. The predicted molar refractivity (Wildman–Crippen MR) is 121 cm³/mol. The van der Waals surface area contributed by atoms with Crippen LogP contribution in [0.3, 0.4) is 0 Å². The van der Waals surface area contributed by atoms with Gasteiger partial charge in [-0.15, -0.1) is 0 Å². The van der Waals surface area contributed by atoms with E-state index in [0.717, 1.165) is 5.56 Å². The van der Waals surface area contributed by atoms with Crippen molar-refractivity contribution in [3.05, 3.63) is 69.7 Å². The van der Waals surface area contributed by atoms with Crippen molar-refractivity contribution in [2.45, 2.75) is 43.6 Å². The van der Waals surface area contributed by atoms with E-state index in [0.29, 0.717) is 49.5 Å². The van der Waals surface area contributed by atoms with Crippen LogP contribution in [0, 0.1) is 0 Å². The normalized spacial score (nSPS) is 20.6. The predicted octanol–water partition coefficient (Wildman–Crippen LogP) is 6.04. The number of Topliss-reactive ketones (excluding diaryl/α,β-unsaturated/α-hetero) is 1. The smallest absolute Gasteiger partial charge is 0.339 e. The zero-order chi connectivity index (χ0) is 26.3. The zero-order valence-electron chi connectivity index (χ0n) is 19.0. The van der Waals surface area contributed by atoms with Gasteiger partial charge in [0.15, 0.2) is 0 Å². The van der Waals surface area contributed by atoms with E-state index in [4.69, 9.17) is 11.6 Å². The lowest BCUT2D eigenvalue weighted by molar-refractivity contribution is -0.143. The first-order valence-electron chi connectivity index (χ1n) is 11.4. The van der Waals surface area contributed by atoms with E-state index in [-0.39, 0.29) is 36.9 Å². The number of rotatable bonds is 3. The molecule has 0 aliphatic carbocycles. The molecule has 0 N–H and O–H groups in total. The summed E-state index contributed by atoms with van der Waals surface area (Å²) in [5.41, 5.74) is -2.79. The van der Waals surface area contributed by atoms with Crippen molar-refractivity contribution in [2.24, 2.45) is 0 Å². The molecule has 1 atom stereocenters. The molecule has 1 unspecified atom stereocenters. The van der Waals surface area contributed by atoms with Gasteiger partial charge in [0.1, 0.15) is 5.78 Å². The molecule has 2 aromatic carbocycles. The second kappa shape index (κ2) is 10.0. The summed E-state index contributed by atoms with van der Waals surface area (Å²) in [4.78, 5) is 28.9. The summed E-state index contributed by atoms with van der Waals surface area (Å²) in [7, 11) is 0. The molecule has 0 spiro atoms. The molecule has 2 aliphatic rings. The van der Waals surface area contributed by atoms with E-state index in [1.807, 2.05) is 12.1 Å². The van der Waals surface area contributed by atoms with Gasteiger partial charge in [0, 0.05) is 49.2 Å². The molecular weight excluding hydrogens is 510 g/mol. The summed E-state index contributed by atoms with van der Waals surface area (Å²) in [6.07, 6.45) is -8.67. The highest BCUT2D eigenvalue weighted by Gasteiger charge is 2.39. The van der Waals surface area contributed by atoms with E-state index >= 15 is 0 Å². The zero-order valence-corrected chi connectivity index (χ0v) is 19.8. The van der Waals surface area contributed by atoms with E-state index in [9.17, 15) is 35.9 Å². The van der Waals surface area contributed by atoms with E-state index in [1.54, 1.807) is 12.1 Å². The number of ketones is 1. The van der Waals surface area contributed by atoms with Gasteiger partial charge in [0.2, 0.25) is 0 Å². The van der Waals surface area contributed by atoms with Gasteiger partial charge in [0.05, 0.1) is 17.0 Å². The SMILES string of the molecule is O=C1CCN(C2CCN(C(=O)c3cc(C(F)(F)F)cc(C(F)(F)F)c3)CC2)CC1c1ccc(Cl)cc1. The number of halogens is 7. The number of carbonyl (C=O) groups excluding carboxylic acids is 2. The Labute approximate surface area is 208 Å². The third-order valence-electron chi connectivity index (χ3n) is 6.83. The van der Waals surface area contributed by atoms with Crippen LogP contribution in [0.4, 0.5) is 26.3 Å². The minimum absolute atomic E-state index is 0.0117. The number of piperidine rings is 2. The van der Waals surface area contributed by atoms with Crippen molar-refractivity contribution in [1.29, 1.82) is 0 Å². The van der Waals surface area contributed by atoms with Gasteiger partial charge in [0.25, 0.3) is 5.91 Å². The number of benzene rings is 2. The minimum Gasteiger partial charge on any atom is -0.339 e. The van der Waals surface area contributed by atoms with Gasteiger partial charge in [-0.25, -0.2) is 0 Å². The van der Waals surface area contributed by atoms with Crippen molar-refractivity contribution in [3.63, 3.8) is 0 Å². The molecule has 4 nitrogen and oxygen atoms in total. The lowest BCUT2D eigenvalue weighted by Crippen LogP contribution is -2.50. The Bertz CT molecular complexity index is 1090. The molecule has 0 bridgehead atoms. The van der Waals surface area contributed by atoms with Gasteiger partial charge < -0.3 is 4.90 Å². The van der Waals surface area contributed by atoms with E-state index in [1.165, 1.54) is 4.90 Å².